The summed E-state index contributed by atoms with van der Waals surface area (Å²) in [6.07, 6.45) is 0. The van der Waals surface area contributed by atoms with E-state index < -0.39 is 0 Å². The van der Waals surface area contributed by atoms with Crippen molar-refractivity contribution < 1.29 is 0 Å². The maximum absolute atomic E-state index is 3.03. The molecule has 1 aromatic carbocycles. The smallest absolute Gasteiger partial charge is 0.109 e. The molecule has 6 nitrogen and oxygen atoms in total. The highest BCUT2D eigenvalue weighted by Gasteiger charge is 2.16. The Hall–Kier alpha value is -1.98. The molecule has 0 amide bonds. The van der Waals surface area contributed by atoms with E-state index in [2.05, 4.69) is 30.6 Å². The second-order valence-electron chi connectivity index (χ2n) is 3.00. The summed E-state index contributed by atoms with van der Waals surface area (Å²) in [5, 5.41) is 18.2. The molecule has 0 aliphatic rings. The van der Waals surface area contributed by atoms with Gasteiger partial charge in [-0.15, -0.1) is 0 Å². The Labute approximate surface area is 64.6 Å². The molecule has 0 aliphatic heterocycles. The van der Waals surface area contributed by atoms with Gasteiger partial charge in [0.15, 0.2) is 0 Å². The van der Waals surface area contributed by atoms with E-state index in [1.54, 1.807) is 0 Å². The monoisotopic (exact) mass is 162 g/mol. The summed E-state index contributed by atoms with van der Waals surface area (Å²) < 4.78 is 0. The van der Waals surface area contributed by atoms with Crippen LogP contribution in [0.3, 0.4) is 0 Å². The average Bonchev–Trinajstić information content (AvgIpc) is 1.96. The number of hydrogen-bond acceptors (Lipinski definition) is 0. The predicted molar refractivity (Wildman–Crippen MR) is 45.1 cm³/mol. The molecule has 0 radical (unpaired) electrons. The fourth-order valence-electron chi connectivity index (χ4n) is 1.69. The molecule has 12 heavy (non-hydrogen) atoms. The topological polar surface area (TPSA) is 94.7 Å². The fourth-order valence-corrected chi connectivity index (χ4v) is 1.69. The third-order valence-electron chi connectivity index (χ3n) is 2.44. The molecular formula is C6H6N6. The van der Waals surface area contributed by atoms with Crippen LogP contribution in [0.4, 0.5) is 0 Å². The number of rotatable bonds is 0. The lowest BCUT2D eigenvalue weighted by molar-refractivity contribution is 0.998. The molecule has 0 atom stereocenters. The van der Waals surface area contributed by atoms with Gasteiger partial charge in [-0.3, -0.25) is 30.6 Å². The molecule has 60 valence electrons. The molecule has 4 aromatic rings. The molecule has 0 saturated heterocycles. The van der Waals surface area contributed by atoms with Crippen LogP contribution in [0.2, 0.25) is 0 Å². The Morgan fingerprint density at radius 1 is 0.333 bits per heavy atom. The van der Waals surface area contributed by atoms with Gasteiger partial charge in [-0.1, -0.05) is 0 Å². The highest BCUT2D eigenvalue weighted by Crippen LogP contribution is 2.30. The largest absolute Gasteiger partial charge is 0.296 e. The van der Waals surface area contributed by atoms with Crippen molar-refractivity contribution in [3.05, 3.63) is 0 Å². The number of hydrogen-bond donors (Lipinski definition) is 6. The zero-order chi connectivity index (χ0) is 7.71. The van der Waals surface area contributed by atoms with Crippen LogP contribution in [0.1, 0.15) is 0 Å². The highest BCUT2D eigenvalue weighted by atomic mass is 15.2. The highest BCUT2D eigenvalue weighted by molar-refractivity contribution is 6.19. The van der Waals surface area contributed by atoms with E-state index in [1.807, 2.05) is 0 Å². The molecule has 0 fully saturated rings. The first-order valence-corrected chi connectivity index (χ1v) is 3.75. The Kier molecular flexibility index (Phi) is 0.480. The number of aromatic nitrogens is 6. The third kappa shape index (κ3) is 0.288. The molecule has 3 heterocycles. The van der Waals surface area contributed by atoms with Crippen molar-refractivity contribution in [1.82, 2.24) is 30.6 Å². The molecule has 0 unspecified atom stereocenters. The van der Waals surface area contributed by atoms with Crippen LogP contribution < -0.4 is 0 Å². The van der Waals surface area contributed by atoms with Gasteiger partial charge in [-0.2, -0.15) is 0 Å². The van der Waals surface area contributed by atoms with E-state index >= 15 is 0 Å². The van der Waals surface area contributed by atoms with Gasteiger partial charge in [-0.25, -0.2) is 0 Å². The molecule has 6 heteroatoms. The first kappa shape index (κ1) is 4.81. The molecule has 3 aromatic heterocycles. The van der Waals surface area contributed by atoms with Crippen LogP contribution in [0, 0.1) is 0 Å². The van der Waals surface area contributed by atoms with Gasteiger partial charge in [0.25, 0.3) is 0 Å². The van der Waals surface area contributed by atoms with E-state index in [0.717, 1.165) is 33.1 Å². The fraction of sp³-hybridized carbons (Fsp3) is 0. The van der Waals surface area contributed by atoms with Crippen LogP contribution in [-0.2, 0) is 0 Å². The van der Waals surface area contributed by atoms with Gasteiger partial charge in [0, 0.05) is 0 Å². The second kappa shape index (κ2) is 1.20. The van der Waals surface area contributed by atoms with Crippen LogP contribution in [0.5, 0.6) is 0 Å². The quantitative estimate of drug-likeness (QED) is 0.223. The first-order valence-electron chi connectivity index (χ1n) is 3.75. The number of fused-ring (bicyclic) bond motifs is 6. The summed E-state index contributed by atoms with van der Waals surface area (Å²) in [5.41, 5.74) is 6.81. The maximum Gasteiger partial charge on any atom is 0.109 e. The Morgan fingerprint density at radius 3 is 0.583 bits per heavy atom. The molecule has 0 spiro atoms. The molecule has 0 bridgehead atoms. The Morgan fingerprint density at radius 2 is 0.500 bits per heavy atom. The van der Waals surface area contributed by atoms with Crippen molar-refractivity contribution >= 4 is 33.1 Å². The van der Waals surface area contributed by atoms with Gasteiger partial charge in [0.05, 0.1) is 0 Å². The number of aromatic amines is 6. The van der Waals surface area contributed by atoms with Crippen molar-refractivity contribution in [2.75, 3.05) is 0 Å². The van der Waals surface area contributed by atoms with Crippen LogP contribution in [0.25, 0.3) is 33.1 Å². The Bertz CT molecular complexity index is 480. The number of nitrogens with one attached hydrogen (secondary N) is 6. The molecule has 0 saturated carbocycles. The van der Waals surface area contributed by atoms with Crippen LogP contribution >= 0.6 is 0 Å². The lowest BCUT2D eigenvalue weighted by atomic mass is 10.2. The van der Waals surface area contributed by atoms with Gasteiger partial charge in [0.2, 0.25) is 0 Å². The minimum absolute atomic E-state index is 1.14. The summed E-state index contributed by atoms with van der Waals surface area (Å²) in [6.45, 7) is 0. The van der Waals surface area contributed by atoms with Crippen molar-refractivity contribution in [3.8, 4) is 0 Å². The second-order valence-corrected chi connectivity index (χ2v) is 3.00. The molecule has 4 rings (SSSR count). The molecule has 6 N–H and O–H groups in total. The third-order valence-corrected chi connectivity index (χ3v) is 2.44. The first-order chi connectivity index (χ1) is 5.95. The SMILES string of the molecule is [nH]1[nH]c2c1c1[nH][nH]c1c1[nH][nH]c21. The number of benzene rings is 1. The number of H-pyrrole nitrogens is 6. The summed E-state index contributed by atoms with van der Waals surface area (Å²) in [6, 6.07) is 0. The van der Waals surface area contributed by atoms with E-state index in [9.17, 15) is 0 Å². The van der Waals surface area contributed by atoms with E-state index in [4.69, 9.17) is 0 Å². The van der Waals surface area contributed by atoms with Crippen molar-refractivity contribution in [1.29, 1.82) is 0 Å². The normalized spacial score (nSPS) is 13.0. The minimum atomic E-state index is 1.14. The minimum Gasteiger partial charge on any atom is -0.296 e. The van der Waals surface area contributed by atoms with Crippen LogP contribution in [-0.4, -0.2) is 30.6 Å². The van der Waals surface area contributed by atoms with E-state index in [-0.39, 0.29) is 0 Å². The van der Waals surface area contributed by atoms with Gasteiger partial charge in [0.1, 0.15) is 33.1 Å². The van der Waals surface area contributed by atoms with Gasteiger partial charge < -0.3 is 0 Å². The summed E-state index contributed by atoms with van der Waals surface area (Å²) in [7, 11) is 0. The zero-order valence-electron chi connectivity index (χ0n) is 6.00. The average molecular weight is 162 g/mol. The van der Waals surface area contributed by atoms with Crippen LogP contribution in [0.15, 0.2) is 0 Å². The lowest BCUT2D eigenvalue weighted by Crippen LogP contribution is -2.06. The summed E-state index contributed by atoms with van der Waals surface area (Å²) in [5.74, 6) is 0. The zero-order valence-corrected chi connectivity index (χ0v) is 6.00. The van der Waals surface area contributed by atoms with E-state index in [0.29, 0.717) is 0 Å². The van der Waals surface area contributed by atoms with Crippen molar-refractivity contribution in [2.45, 2.75) is 0 Å². The molecular weight excluding hydrogens is 156 g/mol. The summed E-state index contributed by atoms with van der Waals surface area (Å²) in [4.78, 5) is 0. The predicted octanol–water partition coefficient (Wildman–Crippen LogP) is 1.11. The molecule has 0 aliphatic carbocycles. The standard InChI is InChI=1S/C6H6N6/c7-1-2(8-7)4-6(12-11-4)5-3(1)9-10-5/h7-12H. The van der Waals surface area contributed by atoms with Gasteiger partial charge >= 0.3 is 0 Å². The Balaban J connectivity index is 2.52. The lowest BCUT2D eigenvalue weighted by Gasteiger charge is -2.16. The van der Waals surface area contributed by atoms with Gasteiger partial charge in [-0.05, 0) is 0 Å². The summed E-state index contributed by atoms with van der Waals surface area (Å²) >= 11 is 0. The van der Waals surface area contributed by atoms with E-state index in [1.165, 1.54) is 0 Å². The maximum atomic E-state index is 3.03. The van der Waals surface area contributed by atoms with Crippen molar-refractivity contribution in [3.63, 3.8) is 0 Å². The van der Waals surface area contributed by atoms with Crippen molar-refractivity contribution in [2.24, 2.45) is 0 Å².